The van der Waals surface area contributed by atoms with Crippen molar-refractivity contribution in [1.82, 2.24) is 25.4 Å². The number of amides is 1. The molecule has 1 saturated carbocycles. The number of aliphatic hydroxyl groups excluding tert-OH is 1. The van der Waals surface area contributed by atoms with Crippen molar-refractivity contribution >= 4 is 5.91 Å². The minimum Gasteiger partial charge on any atom is -0.486 e. The number of oxazole rings is 1. The number of hydrogen-bond donors (Lipinski definition) is 3. The SMILES string of the molecule is CCCCCCCCCN1CC(NC2CCC2)CC(C(=O)NC[C@H](O)CN2CCc3cc(OCc4ocnc4C)ccc3C2)C1. The molecule has 0 spiro atoms. The van der Waals surface area contributed by atoms with E-state index in [2.05, 4.69) is 44.5 Å². The van der Waals surface area contributed by atoms with E-state index in [1.54, 1.807) is 0 Å². The number of aromatic nitrogens is 1. The molecule has 1 saturated heterocycles. The second-order valence-corrected chi connectivity index (χ2v) is 13.8. The predicted molar refractivity (Wildman–Crippen MR) is 177 cm³/mol. The standard InChI is InChI=1S/C36H57N5O4/c1-3-4-5-6-7-8-9-16-40-22-30(18-32(23-40)39-31-11-10-12-31)36(43)37-20-33(42)24-41-17-15-28-19-34(14-13-29(28)21-41)44-25-35-27(2)38-26-45-35/h13-14,19,26,30-33,39,42H,3-12,15-18,20-25H2,1-2H3,(H,37,43)/t30?,32?,33-/m0/s1. The molecule has 45 heavy (non-hydrogen) atoms. The van der Waals surface area contributed by atoms with E-state index in [1.807, 2.05) is 13.0 Å². The molecule has 0 radical (unpaired) electrons. The lowest BCUT2D eigenvalue weighted by Gasteiger charge is -2.41. The highest BCUT2D eigenvalue weighted by Crippen LogP contribution is 2.26. The highest BCUT2D eigenvalue weighted by Gasteiger charge is 2.33. The van der Waals surface area contributed by atoms with Crippen LogP contribution in [0.2, 0.25) is 0 Å². The Kier molecular flexibility index (Phi) is 13.1. The summed E-state index contributed by atoms with van der Waals surface area (Å²) in [7, 11) is 0. The Balaban J connectivity index is 1.04. The van der Waals surface area contributed by atoms with Crippen molar-refractivity contribution in [2.24, 2.45) is 5.92 Å². The summed E-state index contributed by atoms with van der Waals surface area (Å²) < 4.78 is 11.3. The molecule has 2 aromatic rings. The molecule has 1 aliphatic carbocycles. The molecule has 1 aromatic carbocycles. The lowest BCUT2D eigenvalue weighted by atomic mass is 9.88. The molecule has 3 N–H and O–H groups in total. The number of β-amino-alcohol motifs (C(OH)–C–C–N with tert-alkyl or cyclic N) is 1. The van der Waals surface area contributed by atoms with Gasteiger partial charge in [-0.25, -0.2) is 4.98 Å². The van der Waals surface area contributed by atoms with Gasteiger partial charge in [-0.3, -0.25) is 9.69 Å². The average molecular weight is 624 g/mol. The Morgan fingerprint density at radius 3 is 2.67 bits per heavy atom. The number of unbranched alkanes of at least 4 members (excludes halogenated alkanes) is 6. The van der Waals surface area contributed by atoms with Gasteiger partial charge in [-0.15, -0.1) is 0 Å². The average Bonchev–Trinajstić information content (AvgIpc) is 3.44. The van der Waals surface area contributed by atoms with Crippen molar-refractivity contribution in [1.29, 1.82) is 0 Å². The number of benzene rings is 1. The maximum atomic E-state index is 13.4. The summed E-state index contributed by atoms with van der Waals surface area (Å²) in [6.45, 7) is 9.99. The van der Waals surface area contributed by atoms with Gasteiger partial charge in [0.05, 0.1) is 17.7 Å². The molecule has 3 atom stereocenters. The molecular weight excluding hydrogens is 566 g/mol. The first-order valence-corrected chi connectivity index (χ1v) is 17.8. The molecule has 2 fully saturated rings. The van der Waals surface area contributed by atoms with E-state index in [0.29, 0.717) is 31.8 Å². The molecule has 1 amide bonds. The van der Waals surface area contributed by atoms with Crippen molar-refractivity contribution < 1.29 is 19.1 Å². The third-order valence-electron chi connectivity index (χ3n) is 10.0. The van der Waals surface area contributed by atoms with Gasteiger partial charge in [-0.2, -0.15) is 0 Å². The van der Waals surface area contributed by atoms with Crippen LogP contribution in [0.3, 0.4) is 0 Å². The van der Waals surface area contributed by atoms with Crippen molar-refractivity contribution in [2.75, 3.05) is 39.3 Å². The number of aryl methyl sites for hydroxylation is 1. The van der Waals surface area contributed by atoms with E-state index in [0.717, 1.165) is 62.8 Å². The third-order valence-corrected chi connectivity index (χ3v) is 10.0. The van der Waals surface area contributed by atoms with Crippen LogP contribution in [0, 0.1) is 12.8 Å². The lowest BCUT2D eigenvalue weighted by Crippen LogP contribution is -2.56. The molecule has 2 aliphatic heterocycles. The van der Waals surface area contributed by atoms with Gasteiger partial charge in [0.15, 0.2) is 12.2 Å². The van der Waals surface area contributed by atoms with E-state index in [1.165, 1.54) is 81.7 Å². The third kappa shape index (κ3) is 10.5. The fourth-order valence-corrected chi connectivity index (χ4v) is 7.06. The Bertz CT molecular complexity index is 1180. The topological polar surface area (TPSA) is 103 Å². The van der Waals surface area contributed by atoms with Gasteiger partial charge < -0.3 is 29.8 Å². The van der Waals surface area contributed by atoms with Crippen LogP contribution in [-0.2, 0) is 24.4 Å². The minimum absolute atomic E-state index is 0.0284. The number of hydrogen-bond acceptors (Lipinski definition) is 8. The fourth-order valence-electron chi connectivity index (χ4n) is 7.06. The first kappa shape index (κ1) is 33.9. The molecule has 9 heteroatoms. The number of ether oxygens (including phenoxy) is 1. The molecular formula is C36H57N5O4. The van der Waals surface area contributed by atoms with Gasteiger partial charge in [-0.05, 0) is 68.8 Å². The summed E-state index contributed by atoms with van der Waals surface area (Å²) in [6.07, 6.45) is 15.6. The summed E-state index contributed by atoms with van der Waals surface area (Å²) in [6, 6.07) is 7.23. The normalized spacial score (nSPS) is 21.7. The van der Waals surface area contributed by atoms with Crippen LogP contribution < -0.4 is 15.4 Å². The maximum absolute atomic E-state index is 13.4. The van der Waals surface area contributed by atoms with Crippen molar-refractivity contribution in [2.45, 2.75) is 122 Å². The van der Waals surface area contributed by atoms with Gasteiger partial charge in [0.2, 0.25) is 5.91 Å². The maximum Gasteiger partial charge on any atom is 0.224 e. The number of carbonyl (C=O) groups excluding carboxylic acids is 1. The first-order valence-electron chi connectivity index (χ1n) is 17.8. The van der Waals surface area contributed by atoms with Crippen LogP contribution in [0.5, 0.6) is 5.75 Å². The highest BCUT2D eigenvalue weighted by atomic mass is 16.5. The summed E-state index contributed by atoms with van der Waals surface area (Å²) in [5.74, 6) is 1.64. The van der Waals surface area contributed by atoms with Gasteiger partial charge in [-0.1, -0.05) is 57.9 Å². The van der Waals surface area contributed by atoms with Gasteiger partial charge in [0.25, 0.3) is 0 Å². The summed E-state index contributed by atoms with van der Waals surface area (Å²) in [5, 5.41) is 17.9. The Morgan fingerprint density at radius 2 is 1.91 bits per heavy atom. The zero-order valence-electron chi connectivity index (χ0n) is 27.8. The number of nitrogens with one attached hydrogen (secondary N) is 2. The Labute approximate surface area is 270 Å². The molecule has 3 aliphatic rings. The Morgan fingerprint density at radius 1 is 1.09 bits per heavy atom. The number of carbonyl (C=O) groups is 1. The van der Waals surface area contributed by atoms with Crippen LogP contribution in [0.15, 0.2) is 29.0 Å². The van der Waals surface area contributed by atoms with Crippen molar-refractivity contribution in [3.05, 3.63) is 47.2 Å². The van der Waals surface area contributed by atoms with Crippen molar-refractivity contribution in [3.8, 4) is 5.75 Å². The smallest absolute Gasteiger partial charge is 0.224 e. The molecule has 1 aromatic heterocycles. The number of rotatable bonds is 18. The van der Waals surface area contributed by atoms with Gasteiger partial charge >= 0.3 is 0 Å². The first-order chi connectivity index (χ1) is 22.0. The van der Waals surface area contributed by atoms with E-state index in [-0.39, 0.29) is 11.8 Å². The zero-order valence-corrected chi connectivity index (χ0v) is 27.8. The summed E-state index contributed by atoms with van der Waals surface area (Å²) in [5.41, 5.74) is 3.39. The number of fused-ring (bicyclic) bond motifs is 1. The van der Waals surface area contributed by atoms with Crippen LogP contribution in [0.25, 0.3) is 0 Å². The molecule has 2 unspecified atom stereocenters. The van der Waals surface area contributed by atoms with Crippen LogP contribution >= 0.6 is 0 Å². The number of likely N-dealkylation sites (tertiary alicyclic amines) is 1. The summed E-state index contributed by atoms with van der Waals surface area (Å²) in [4.78, 5) is 22.3. The molecule has 3 heterocycles. The number of aliphatic hydroxyl groups is 1. The number of nitrogens with zero attached hydrogens (tertiary/aromatic N) is 3. The molecule has 5 rings (SSSR count). The highest BCUT2D eigenvalue weighted by molar-refractivity contribution is 5.79. The van der Waals surface area contributed by atoms with E-state index >= 15 is 0 Å². The fraction of sp³-hybridized carbons (Fsp3) is 0.722. The second-order valence-electron chi connectivity index (χ2n) is 13.8. The molecule has 250 valence electrons. The zero-order chi connectivity index (χ0) is 31.4. The van der Waals surface area contributed by atoms with Crippen LogP contribution in [-0.4, -0.2) is 83.3 Å². The minimum atomic E-state index is -0.598. The van der Waals surface area contributed by atoms with E-state index in [9.17, 15) is 9.90 Å². The molecule has 0 bridgehead atoms. The predicted octanol–water partition coefficient (Wildman–Crippen LogP) is 4.98. The van der Waals surface area contributed by atoms with Crippen LogP contribution in [0.1, 0.15) is 100 Å². The van der Waals surface area contributed by atoms with Crippen molar-refractivity contribution in [3.63, 3.8) is 0 Å². The second kappa shape index (κ2) is 17.5. The monoisotopic (exact) mass is 623 g/mol. The number of piperidine rings is 1. The van der Waals surface area contributed by atoms with Crippen LogP contribution in [0.4, 0.5) is 0 Å². The molecule has 9 nitrogen and oxygen atoms in total. The van der Waals surface area contributed by atoms with E-state index in [4.69, 9.17) is 9.15 Å². The van der Waals surface area contributed by atoms with Gasteiger partial charge in [0, 0.05) is 51.4 Å². The lowest BCUT2D eigenvalue weighted by molar-refractivity contribution is -0.127. The Hall–Kier alpha value is -2.46. The summed E-state index contributed by atoms with van der Waals surface area (Å²) >= 11 is 0. The quantitative estimate of drug-likeness (QED) is 0.200. The van der Waals surface area contributed by atoms with Gasteiger partial charge in [0.1, 0.15) is 12.4 Å². The van der Waals surface area contributed by atoms with E-state index < -0.39 is 6.10 Å². The largest absolute Gasteiger partial charge is 0.486 e.